The van der Waals surface area contributed by atoms with Gasteiger partial charge in [-0.1, -0.05) is 12.1 Å². The van der Waals surface area contributed by atoms with E-state index in [1.54, 1.807) is 19.1 Å². The van der Waals surface area contributed by atoms with Crippen molar-refractivity contribution in [2.75, 3.05) is 26.3 Å². The molecule has 2 N–H and O–H groups in total. The average molecular weight is 340 g/mol. The molecule has 0 saturated heterocycles. The van der Waals surface area contributed by atoms with Crippen molar-refractivity contribution in [2.24, 2.45) is 5.92 Å². The van der Waals surface area contributed by atoms with E-state index in [2.05, 4.69) is 10.0 Å². The zero-order valence-corrected chi connectivity index (χ0v) is 14.4. The largest absolute Gasteiger partial charge is 0.371 e. The molecule has 1 saturated carbocycles. The first-order valence-corrected chi connectivity index (χ1v) is 9.28. The second-order valence-electron chi connectivity index (χ2n) is 5.98. The summed E-state index contributed by atoms with van der Waals surface area (Å²) in [5.74, 6) is 0.392. The Morgan fingerprint density at radius 2 is 2.00 bits per heavy atom. The number of hydrogen-bond donors (Lipinski definition) is 2. The second kappa shape index (κ2) is 7.90. The third-order valence-electron chi connectivity index (χ3n) is 3.66. The van der Waals surface area contributed by atoms with Gasteiger partial charge in [-0.15, -0.1) is 0 Å². The second-order valence-corrected chi connectivity index (χ2v) is 7.71. The smallest absolute Gasteiger partial charge is 0.246 e. The van der Waals surface area contributed by atoms with E-state index in [0.29, 0.717) is 18.1 Å². The van der Waals surface area contributed by atoms with Crippen molar-refractivity contribution >= 4 is 15.9 Å². The van der Waals surface area contributed by atoms with Gasteiger partial charge in [-0.05, 0) is 49.8 Å². The maximum absolute atomic E-state index is 12.3. The molecular weight excluding hydrogens is 316 g/mol. The molecule has 1 aromatic rings. The van der Waals surface area contributed by atoms with Crippen LogP contribution in [0.15, 0.2) is 23.1 Å². The van der Waals surface area contributed by atoms with Gasteiger partial charge in [-0.2, -0.15) is 0 Å². The molecule has 0 aliphatic heterocycles. The summed E-state index contributed by atoms with van der Waals surface area (Å²) in [7, 11) is -3.56. The Bertz CT molecular complexity index is 654. The van der Waals surface area contributed by atoms with Crippen molar-refractivity contribution < 1.29 is 17.9 Å². The molecule has 6 nitrogen and oxygen atoms in total. The van der Waals surface area contributed by atoms with Crippen molar-refractivity contribution in [1.82, 2.24) is 10.0 Å². The lowest BCUT2D eigenvalue weighted by Crippen LogP contribution is -2.36. The molecule has 2 rings (SSSR count). The maximum Gasteiger partial charge on any atom is 0.246 e. The van der Waals surface area contributed by atoms with Crippen molar-refractivity contribution in [3.63, 3.8) is 0 Å². The minimum atomic E-state index is -3.56. The molecule has 0 radical (unpaired) electrons. The van der Waals surface area contributed by atoms with Gasteiger partial charge in [-0.25, -0.2) is 13.1 Å². The predicted molar refractivity (Wildman–Crippen MR) is 87.7 cm³/mol. The Balaban J connectivity index is 1.71. The van der Waals surface area contributed by atoms with E-state index in [1.807, 2.05) is 13.0 Å². The SMILES string of the molecule is Cc1ccc(C)c(S(=O)(=O)NCCNC(=O)COCC2CC2)c1. The molecular formula is C16H24N2O4S. The van der Waals surface area contributed by atoms with Crippen molar-refractivity contribution in [1.29, 1.82) is 0 Å². The Morgan fingerprint density at radius 3 is 2.70 bits per heavy atom. The van der Waals surface area contributed by atoms with Crippen molar-refractivity contribution in [2.45, 2.75) is 31.6 Å². The van der Waals surface area contributed by atoms with Crippen LogP contribution in [-0.2, 0) is 19.6 Å². The average Bonchev–Trinajstić information content (AvgIpc) is 3.30. The number of nitrogens with one attached hydrogen (secondary N) is 2. The fourth-order valence-corrected chi connectivity index (χ4v) is 3.47. The van der Waals surface area contributed by atoms with Crippen LogP contribution in [0.3, 0.4) is 0 Å². The van der Waals surface area contributed by atoms with Crippen LogP contribution in [0.4, 0.5) is 0 Å². The summed E-state index contributed by atoms with van der Waals surface area (Å²) in [4.78, 5) is 11.8. The predicted octanol–water partition coefficient (Wildman–Crippen LogP) is 1.12. The lowest BCUT2D eigenvalue weighted by atomic mass is 10.2. The van der Waals surface area contributed by atoms with Crippen molar-refractivity contribution in [3.8, 4) is 0 Å². The number of carbonyl (C=O) groups is 1. The van der Waals surface area contributed by atoms with E-state index in [4.69, 9.17) is 4.74 Å². The fraction of sp³-hybridized carbons (Fsp3) is 0.562. The number of rotatable bonds is 9. The molecule has 0 spiro atoms. The monoisotopic (exact) mass is 340 g/mol. The van der Waals surface area contributed by atoms with Gasteiger partial charge in [0.25, 0.3) is 0 Å². The molecule has 0 unspecified atom stereocenters. The molecule has 1 aliphatic carbocycles. The first-order chi connectivity index (χ1) is 10.9. The first-order valence-electron chi connectivity index (χ1n) is 7.80. The van der Waals surface area contributed by atoms with Crippen LogP contribution < -0.4 is 10.0 Å². The number of benzene rings is 1. The number of aryl methyl sites for hydroxylation is 2. The van der Waals surface area contributed by atoms with Gasteiger partial charge in [0.15, 0.2) is 0 Å². The molecule has 1 aromatic carbocycles. The Labute approximate surface area is 137 Å². The molecule has 23 heavy (non-hydrogen) atoms. The Kier molecular flexibility index (Phi) is 6.15. The van der Waals surface area contributed by atoms with Gasteiger partial charge in [0.2, 0.25) is 15.9 Å². The molecule has 0 atom stereocenters. The lowest BCUT2D eigenvalue weighted by molar-refractivity contribution is -0.125. The summed E-state index contributed by atoms with van der Waals surface area (Å²) in [5.41, 5.74) is 1.58. The van der Waals surface area contributed by atoms with E-state index in [1.165, 1.54) is 12.8 Å². The first kappa shape index (κ1) is 17.9. The highest BCUT2D eigenvalue weighted by Gasteiger charge is 2.21. The normalized spacial score (nSPS) is 14.7. The summed E-state index contributed by atoms with van der Waals surface area (Å²) >= 11 is 0. The minimum absolute atomic E-state index is 0.0280. The minimum Gasteiger partial charge on any atom is -0.371 e. The number of sulfonamides is 1. The highest BCUT2D eigenvalue weighted by molar-refractivity contribution is 7.89. The van der Waals surface area contributed by atoms with Crippen LogP contribution in [0.5, 0.6) is 0 Å². The van der Waals surface area contributed by atoms with Crippen LogP contribution in [0.2, 0.25) is 0 Å². The van der Waals surface area contributed by atoms with E-state index in [-0.39, 0.29) is 30.5 Å². The summed E-state index contributed by atoms with van der Waals surface area (Å²) in [6, 6.07) is 5.29. The number of amides is 1. The summed E-state index contributed by atoms with van der Waals surface area (Å²) in [6.45, 7) is 4.64. The third-order valence-corrected chi connectivity index (χ3v) is 5.26. The maximum atomic E-state index is 12.3. The van der Waals surface area contributed by atoms with Gasteiger partial charge in [-0.3, -0.25) is 4.79 Å². The van der Waals surface area contributed by atoms with Crippen LogP contribution >= 0.6 is 0 Å². The van der Waals surface area contributed by atoms with E-state index in [0.717, 1.165) is 5.56 Å². The number of carbonyl (C=O) groups excluding carboxylic acids is 1. The Morgan fingerprint density at radius 1 is 1.26 bits per heavy atom. The van der Waals surface area contributed by atoms with Crippen LogP contribution in [0.25, 0.3) is 0 Å². The van der Waals surface area contributed by atoms with Crippen LogP contribution in [0.1, 0.15) is 24.0 Å². The zero-order chi connectivity index (χ0) is 16.9. The highest BCUT2D eigenvalue weighted by Crippen LogP contribution is 2.28. The molecule has 7 heteroatoms. The summed E-state index contributed by atoms with van der Waals surface area (Å²) in [5, 5.41) is 2.64. The highest BCUT2D eigenvalue weighted by atomic mass is 32.2. The van der Waals surface area contributed by atoms with E-state index in [9.17, 15) is 13.2 Å². The quantitative estimate of drug-likeness (QED) is 0.660. The van der Waals surface area contributed by atoms with Crippen molar-refractivity contribution in [3.05, 3.63) is 29.3 Å². The van der Waals surface area contributed by atoms with Gasteiger partial charge >= 0.3 is 0 Å². The number of hydrogen-bond acceptors (Lipinski definition) is 4. The Hall–Kier alpha value is -1.44. The zero-order valence-electron chi connectivity index (χ0n) is 13.6. The van der Waals surface area contributed by atoms with Gasteiger partial charge in [0, 0.05) is 13.1 Å². The van der Waals surface area contributed by atoms with Gasteiger partial charge in [0.1, 0.15) is 6.61 Å². The number of ether oxygens (including phenoxy) is 1. The molecule has 0 bridgehead atoms. The fourth-order valence-electron chi connectivity index (χ4n) is 2.12. The van der Waals surface area contributed by atoms with E-state index >= 15 is 0 Å². The molecule has 128 valence electrons. The van der Waals surface area contributed by atoms with Crippen LogP contribution in [-0.4, -0.2) is 40.6 Å². The molecule has 0 heterocycles. The van der Waals surface area contributed by atoms with Gasteiger partial charge < -0.3 is 10.1 Å². The molecule has 1 fully saturated rings. The van der Waals surface area contributed by atoms with Gasteiger partial charge in [0.05, 0.1) is 11.5 Å². The summed E-state index contributed by atoms with van der Waals surface area (Å²) < 4.78 is 32.3. The molecule has 1 amide bonds. The third kappa shape index (κ3) is 5.93. The molecule has 0 aromatic heterocycles. The van der Waals surface area contributed by atoms with E-state index < -0.39 is 10.0 Å². The topological polar surface area (TPSA) is 84.5 Å². The summed E-state index contributed by atoms with van der Waals surface area (Å²) in [6.07, 6.45) is 2.36. The lowest BCUT2D eigenvalue weighted by Gasteiger charge is -2.11. The van der Waals surface area contributed by atoms with Crippen LogP contribution in [0, 0.1) is 19.8 Å². The molecule has 1 aliphatic rings. The standard InChI is InChI=1S/C16H24N2O4S/c1-12-3-4-13(2)15(9-12)23(20,21)18-8-7-17-16(19)11-22-10-14-5-6-14/h3-4,9,14,18H,5-8,10-11H2,1-2H3,(H,17,19).